The van der Waals surface area contributed by atoms with E-state index in [2.05, 4.69) is 27.0 Å². The number of fused-ring (bicyclic) bond motifs is 1. The first-order valence-electron chi connectivity index (χ1n) is 9.94. The van der Waals surface area contributed by atoms with Gasteiger partial charge in [-0.2, -0.15) is 0 Å². The monoisotopic (exact) mass is 376 g/mol. The number of aromatic amines is 1. The summed E-state index contributed by atoms with van der Waals surface area (Å²) < 4.78 is 0. The minimum Gasteiger partial charge on any atom is -0.392 e. The second-order valence-corrected chi connectivity index (χ2v) is 7.72. The molecule has 144 valence electrons. The van der Waals surface area contributed by atoms with E-state index >= 15 is 0 Å². The molecule has 1 aromatic carbocycles. The minimum absolute atomic E-state index is 0.0495. The zero-order chi connectivity index (χ0) is 19.1. The van der Waals surface area contributed by atoms with E-state index in [1.807, 2.05) is 35.4 Å². The Hall–Kier alpha value is -2.86. The quantitative estimate of drug-likeness (QED) is 0.734. The molecule has 2 aliphatic rings. The van der Waals surface area contributed by atoms with Gasteiger partial charge in [-0.05, 0) is 36.1 Å². The van der Waals surface area contributed by atoms with Gasteiger partial charge < -0.3 is 19.9 Å². The highest BCUT2D eigenvalue weighted by Crippen LogP contribution is 2.33. The van der Waals surface area contributed by atoms with Crippen LogP contribution in [0.4, 0.5) is 5.69 Å². The number of anilines is 1. The number of nitrogens with zero attached hydrogens (tertiary/aromatic N) is 3. The van der Waals surface area contributed by atoms with Crippen molar-refractivity contribution in [3.63, 3.8) is 0 Å². The van der Waals surface area contributed by atoms with Gasteiger partial charge >= 0.3 is 0 Å². The molecule has 6 heteroatoms. The highest BCUT2D eigenvalue weighted by atomic mass is 16.3. The number of aliphatic hydroxyl groups excluding tert-OH is 1. The Labute approximate surface area is 163 Å². The van der Waals surface area contributed by atoms with Crippen LogP contribution in [-0.2, 0) is 11.4 Å². The van der Waals surface area contributed by atoms with Crippen LogP contribution in [0.15, 0.2) is 42.6 Å². The number of rotatable bonds is 4. The summed E-state index contributed by atoms with van der Waals surface area (Å²) in [5.74, 6) is 0.637. The highest BCUT2D eigenvalue weighted by Gasteiger charge is 2.34. The lowest BCUT2D eigenvalue weighted by atomic mass is 10.1. The Morgan fingerprint density at radius 3 is 2.54 bits per heavy atom. The Balaban J connectivity index is 1.39. The normalized spacial score (nSPS) is 17.3. The van der Waals surface area contributed by atoms with E-state index in [1.54, 1.807) is 0 Å². The van der Waals surface area contributed by atoms with Gasteiger partial charge in [0.05, 0.1) is 6.61 Å². The predicted octanol–water partition coefficient (Wildman–Crippen LogP) is 2.78. The third-order valence-electron chi connectivity index (χ3n) is 5.81. The number of hydrogen-bond donors (Lipinski definition) is 2. The van der Waals surface area contributed by atoms with Gasteiger partial charge in [0.25, 0.3) is 0 Å². The average Bonchev–Trinajstić information content (AvgIpc) is 3.51. The van der Waals surface area contributed by atoms with Crippen molar-refractivity contribution in [2.24, 2.45) is 5.92 Å². The van der Waals surface area contributed by atoms with Crippen LogP contribution in [0.3, 0.4) is 0 Å². The summed E-state index contributed by atoms with van der Waals surface area (Å²) >= 11 is 0. The second-order valence-electron chi connectivity index (χ2n) is 7.72. The van der Waals surface area contributed by atoms with Crippen LogP contribution in [0.25, 0.3) is 22.3 Å². The molecule has 3 aromatic rings. The fourth-order valence-electron chi connectivity index (χ4n) is 3.99. The maximum atomic E-state index is 12.3. The fraction of sp³-hybridized carbons (Fsp3) is 0.364. The molecular weight excluding hydrogens is 352 g/mol. The lowest BCUT2D eigenvalue weighted by Gasteiger charge is -2.36. The first-order chi connectivity index (χ1) is 13.7. The molecule has 1 saturated carbocycles. The molecule has 1 saturated heterocycles. The van der Waals surface area contributed by atoms with Gasteiger partial charge in [0.2, 0.25) is 5.91 Å². The topological polar surface area (TPSA) is 72.5 Å². The summed E-state index contributed by atoms with van der Waals surface area (Å²) in [5.41, 5.74) is 5.02. The Kier molecular flexibility index (Phi) is 4.28. The largest absolute Gasteiger partial charge is 0.392 e. The molecule has 3 heterocycles. The molecule has 1 aliphatic carbocycles. The maximum Gasteiger partial charge on any atom is 0.225 e. The first-order valence-corrected chi connectivity index (χ1v) is 9.94. The van der Waals surface area contributed by atoms with Gasteiger partial charge in [-0.15, -0.1) is 0 Å². The van der Waals surface area contributed by atoms with Crippen LogP contribution < -0.4 is 4.90 Å². The minimum atomic E-state index is 0.0495. The number of pyridine rings is 1. The predicted molar refractivity (Wildman–Crippen MR) is 109 cm³/mol. The summed E-state index contributed by atoms with van der Waals surface area (Å²) in [7, 11) is 0. The van der Waals surface area contributed by atoms with Crippen molar-refractivity contribution in [1.29, 1.82) is 0 Å². The number of amides is 1. The Morgan fingerprint density at radius 1 is 1.11 bits per heavy atom. The zero-order valence-corrected chi connectivity index (χ0v) is 15.8. The number of carbonyl (C=O) groups is 1. The summed E-state index contributed by atoms with van der Waals surface area (Å²) in [6.07, 6.45) is 3.97. The molecule has 0 bridgehead atoms. The molecule has 1 aliphatic heterocycles. The molecule has 0 spiro atoms. The molecular formula is C22H24N4O2. The standard InChI is InChI=1S/C22H24N4O2/c27-14-15-1-3-16(4-2-15)19-13-18-20(7-8-23-21(18)24-19)25-9-11-26(12-10-25)22(28)17-5-6-17/h1-4,7-8,13,17,27H,5-6,9-12,14H2,(H,23,24). The Morgan fingerprint density at radius 2 is 1.86 bits per heavy atom. The number of aliphatic hydroxyl groups is 1. The molecule has 2 N–H and O–H groups in total. The smallest absolute Gasteiger partial charge is 0.225 e. The van der Waals surface area contributed by atoms with E-state index in [0.29, 0.717) is 11.8 Å². The van der Waals surface area contributed by atoms with Crippen molar-refractivity contribution in [3.8, 4) is 11.3 Å². The fourth-order valence-corrected chi connectivity index (χ4v) is 3.99. The summed E-state index contributed by atoms with van der Waals surface area (Å²) in [6, 6.07) is 12.1. The Bertz CT molecular complexity index is 999. The van der Waals surface area contributed by atoms with Crippen LogP contribution in [0.2, 0.25) is 0 Å². The van der Waals surface area contributed by atoms with E-state index in [9.17, 15) is 9.90 Å². The van der Waals surface area contributed by atoms with E-state index in [0.717, 1.165) is 72.6 Å². The number of benzene rings is 1. The van der Waals surface area contributed by atoms with Crippen molar-refractivity contribution < 1.29 is 9.90 Å². The van der Waals surface area contributed by atoms with E-state index < -0.39 is 0 Å². The van der Waals surface area contributed by atoms with Gasteiger partial charge in [-0.25, -0.2) is 4.98 Å². The third kappa shape index (κ3) is 3.14. The van der Waals surface area contributed by atoms with Crippen LogP contribution >= 0.6 is 0 Å². The maximum absolute atomic E-state index is 12.3. The van der Waals surface area contributed by atoms with Gasteiger partial charge in [0.1, 0.15) is 5.65 Å². The lowest BCUT2D eigenvalue weighted by Crippen LogP contribution is -2.49. The van der Waals surface area contributed by atoms with Crippen molar-refractivity contribution >= 4 is 22.6 Å². The molecule has 2 aromatic heterocycles. The average molecular weight is 376 g/mol. The molecule has 1 amide bonds. The molecule has 0 atom stereocenters. The van der Waals surface area contributed by atoms with Gasteiger partial charge in [-0.1, -0.05) is 24.3 Å². The number of carbonyl (C=O) groups excluding carboxylic acids is 1. The molecule has 2 fully saturated rings. The molecule has 6 nitrogen and oxygen atoms in total. The van der Waals surface area contributed by atoms with E-state index in [-0.39, 0.29) is 6.61 Å². The van der Waals surface area contributed by atoms with Gasteiger partial charge in [-0.3, -0.25) is 4.79 Å². The molecule has 0 radical (unpaired) electrons. The molecule has 28 heavy (non-hydrogen) atoms. The number of aromatic nitrogens is 2. The van der Waals surface area contributed by atoms with Gasteiger partial charge in [0, 0.05) is 55.1 Å². The third-order valence-corrected chi connectivity index (χ3v) is 5.81. The molecule has 0 unspecified atom stereocenters. The number of H-pyrrole nitrogens is 1. The van der Waals surface area contributed by atoms with Crippen molar-refractivity contribution in [1.82, 2.24) is 14.9 Å². The van der Waals surface area contributed by atoms with Crippen LogP contribution in [0.5, 0.6) is 0 Å². The summed E-state index contributed by atoms with van der Waals surface area (Å²) in [5, 5.41) is 10.3. The highest BCUT2D eigenvalue weighted by molar-refractivity contribution is 5.94. The van der Waals surface area contributed by atoms with Crippen molar-refractivity contribution in [2.45, 2.75) is 19.4 Å². The second kappa shape index (κ2) is 6.95. The van der Waals surface area contributed by atoms with E-state index in [4.69, 9.17) is 0 Å². The zero-order valence-electron chi connectivity index (χ0n) is 15.8. The number of piperazine rings is 1. The van der Waals surface area contributed by atoms with Crippen LogP contribution in [0.1, 0.15) is 18.4 Å². The first kappa shape index (κ1) is 17.3. The SMILES string of the molecule is O=C(C1CC1)N1CCN(c2ccnc3[nH]c(-c4ccc(CO)cc4)cc23)CC1. The lowest BCUT2D eigenvalue weighted by molar-refractivity contribution is -0.132. The van der Waals surface area contributed by atoms with Crippen LogP contribution in [-0.4, -0.2) is 52.1 Å². The van der Waals surface area contributed by atoms with Crippen LogP contribution in [0, 0.1) is 5.92 Å². The number of hydrogen-bond acceptors (Lipinski definition) is 4. The van der Waals surface area contributed by atoms with Gasteiger partial charge in [0.15, 0.2) is 0 Å². The molecule has 5 rings (SSSR count). The summed E-state index contributed by atoms with van der Waals surface area (Å²) in [6.45, 7) is 3.33. The van der Waals surface area contributed by atoms with Crippen molar-refractivity contribution in [2.75, 3.05) is 31.1 Å². The summed E-state index contributed by atoms with van der Waals surface area (Å²) in [4.78, 5) is 24.6. The van der Waals surface area contributed by atoms with Crippen molar-refractivity contribution in [3.05, 3.63) is 48.2 Å². The van der Waals surface area contributed by atoms with E-state index in [1.165, 1.54) is 0 Å². The number of nitrogens with one attached hydrogen (secondary N) is 1.